The fraction of sp³-hybridized carbons (Fsp3) is 0.429. The summed E-state index contributed by atoms with van der Waals surface area (Å²) in [6, 6.07) is 0.0156. The van der Waals surface area contributed by atoms with Gasteiger partial charge in [-0.15, -0.1) is 0 Å². The van der Waals surface area contributed by atoms with Crippen LogP contribution in [0, 0.1) is 5.82 Å². The Morgan fingerprint density at radius 1 is 1.85 bits per heavy atom. The zero-order valence-corrected chi connectivity index (χ0v) is 6.62. The van der Waals surface area contributed by atoms with Crippen LogP contribution in [0.1, 0.15) is 0 Å². The van der Waals surface area contributed by atoms with Gasteiger partial charge >= 0.3 is 0 Å². The number of hydrogen-bond acceptors (Lipinski definition) is 4. The molecule has 5 nitrogen and oxygen atoms in total. The van der Waals surface area contributed by atoms with Gasteiger partial charge in [-0.2, -0.15) is 4.39 Å². The molecule has 6 heteroatoms. The Kier molecular flexibility index (Phi) is 1.97. The van der Waals surface area contributed by atoms with Crippen molar-refractivity contribution in [3.8, 4) is 6.01 Å². The Hall–Kier alpha value is -1.43. The highest BCUT2D eigenvalue weighted by molar-refractivity contribution is 4.96. The van der Waals surface area contributed by atoms with E-state index in [1.165, 1.54) is 0 Å². The van der Waals surface area contributed by atoms with Gasteiger partial charge in [-0.05, 0) is 0 Å². The zero-order valence-electron chi connectivity index (χ0n) is 6.62. The first-order valence-corrected chi connectivity index (χ1v) is 3.75. The number of rotatable bonds is 3. The highest BCUT2D eigenvalue weighted by atomic mass is 19.1. The molecule has 1 atom stereocenters. The fourth-order valence-electron chi connectivity index (χ4n) is 0.773. The van der Waals surface area contributed by atoms with Crippen molar-refractivity contribution in [3.63, 3.8) is 0 Å². The molecule has 1 N–H and O–H groups in total. The summed E-state index contributed by atoms with van der Waals surface area (Å²) in [5, 5.41) is 0. The van der Waals surface area contributed by atoms with E-state index < -0.39 is 11.4 Å². The molecule has 1 aliphatic heterocycles. The van der Waals surface area contributed by atoms with E-state index >= 15 is 0 Å². The molecule has 1 aliphatic rings. The smallest absolute Gasteiger partial charge is 0.296 e. The maximum Gasteiger partial charge on any atom is 0.296 e. The summed E-state index contributed by atoms with van der Waals surface area (Å²) < 4.78 is 22.3. The Bertz CT molecular complexity index is 361. The zero-order chi connectivity index (χ0) is 9.26. The SMILES string of the molecule is O=c1[nH]c(OCC2CO2)ncc1F. The number of ether oxygens (including phenoxy) is 2. The van der Waals surface area contributed by atoms with Gasteiger partial charge in [-0.3, -0.25) is 9.78 Å². The van der Waals surface area contributed by atoms with Crippen LogP contribution >= 0.6 is 0 Å². The number of hydrogen-bond donors (Lipinski definition) is 1. The Morgan fingerprint density at radius 3 is 3.23 bits per heavy atom. The van der Waals surface area contributed by atoms with Crippen LogP contribution in [0.2, 0.25) is 0 Å². The van der Waals surface area contributed by atoms with E-state index in [0.717, 1.165) is 6.20 Å². The van der Waals surface area contributed by atoms with Crippen molar-refractivity contribution in [2.45, 2.75) is 6.10 Å². The first-order valence-electron chi connectivity index (χ1n) is 3.75. The number of nitrogens with one attached hydrogen (secondary N) is 1. The molecular formula is C7H7FN2O3. The highest BCUT2D eigenvalue weighted by Crippen LogP contribution is 2.09. The summed E-state index contributed by atoms with van der Waals surface area (Å²) in [7, 11) is 0. The van der Waals surface area contributed by atoms with Crippen LogP contribution in [-0.2, 0) is 4.74 Å². The second kappa shape index (κ2) is 3.14. The lowest BCUT2D eigenvalue weighted by atomic mass is 10.5. The van der Waals surface area contributed by atoms with Gasteiger partial charge in [0.05, 0.1) is 12.8 Å². The lowest BCUT2D eigenvalue weighted by Gasteiger charge is -2.00. The average Bonchev–Trinajstić information content (AvgIpc) is 2.91. The van der Waals surface area contributed by atoms with E-state index in [2.05, 4.69) is 9.97 Å². The molecule has 0 saturated carbocycles. The molecule has 1 unspecified atom stereocenters. The Labute approximate surface area is 72.5 Å². The molecule has 1 aromatic rings. The standard InChI is InChI=1S/C7H7FN2O3/c8-5-1-9-7(10-6(5)11)13-3-4-2-12-4/h1,4H,2-3H2,(H,9,10,11). The maximum absolute atomic E-state index is 12.4. The first-order chi connectivity index (χ1) is 6.25. The summed E-state index contributed by atoms with van der Waals surface area (Å²) in [4.78, 5) is 16.4. The molecule has 1 saturated heterocycles. The molecule has 2 heterocycles. The lowest BCUT2D eigenvalue weighted by Crippen LogP contribution is -2.15. The number of epoxide rings is 1. The maximum atomic E-state index is 12.4. The average molecular weight is 186 g/mol. The highest BCUT2D eigenvalue weighted by Gasteiger charge is 2.23. The Balaban J connectivity index is 2.03. The molecule has 0 aromatic carbocycles. The molecule has 0 amide bonds. The molecule has 1 fully saturated rings. The molecular weight excluding hydrogens is 179 g/mol. The predicted molar refractivity (Wildman–Crippen MR) is 40.1 cm³/mol. The third kappa shape index (κ3) is 2.03. The molecule has 0 spiro atoms. The summed E-state index contributed by atoms with van der Waals surface area (Å²) in [5.74, 6) is -0.921. The van der Waals surface area contributed by atoms with Gasteiger partial charge in [0.1, 0.15) is 12.7 Å². The fourth-order valence-corrected chi connectivity index (χ4v) is 0.773. The van der Waals surface area contributed by atoms with E-state index in [1.807, 2.05) is 0 Å². The molecule has 13 heavy (non-hydrogen) atoms. The second-order valence-electron chi connectivity index (χ2n) is 2.63. The van der Waals surface area contributed by atoms with Gasteiger partial charge in [0, 0.05) is 0 Å². The topological polar surface area (TPSA) is 67.5 Å². The van der Waals surface area contributed by atoms with Gasteiger partial charge in [0.2, 0.25) is 5.82 Å². The molecule has 0 bridgehead atoms. The second-order valence-corrected chi connectivity index (χ2v) is 2.63. The number of H-pyrrole nitrogens is 1. The van der Waals surface area contributed by atoms with Gasteiger partial charge in [0.25, 0.3) is 11.6 Å². The minimum absolute atomic E-state index is 0.0156. The third-order valence-corrected chi connectivity index (χ3v) is 1.54. The van der Waals surface area contributed by atoms with Gasteiger partial charge < -0.3 is 9.47 Å². The summed E-state index contributed by atoms with van der Waals surface area (Å²) in [5.41, 5.74) is -0.832. The van der Waals surface area contributed by atoms with Crippen molar-refractivity contribution in [1.29, 1.82) is 0 Å². The van der Waals surface area contributed by atoms with Crippen molar-refractivity contribution < 1.29 is 13.9 Å². The van der Waals surface area contributed by atoms with Gasteiger partial charge in [0.15, 0.2) is 0 Å². The van der Waals surface area contributed by atoms with Crippen LogP contribution < -0.4 is 10.3 Å². The lowest BCUT2D eigenvalue weighted by molar-refractivity contribution is 0.245. The van der Waals surface area contributed by atoms with Gasteiger partial charge in [-0.1, -0.05) is 0 Å². The molecule has 2 rings (SSSR count). The van der Waals surface area contributed by atoms with Crippen molar-refractivity contribution in [1.82, 2.24) is 9.97 Å². The summed E-state index contributed by atoms with van der Waals surface area (Å²) in [6.07, 6.45) is 0.900. The minimum atomic E-state index is -0.921. The van der Waals surface area contributed by atoms with E-state index in [4.69, 9.17) is 9.47 Å². The monoisotopic (exact) mass is 186 g/mol. The van der Waals surface area contributed by atoms with Crippen molar-refractivity contribution in [3.05, 3.63) is 22.4 Å². The van der Waals surface area contributed by atoms with E-state index in [0.29, 0.717) is 13.2 Å². The Morgan fingerprint density at radius 2 is 2.62 bits per heavy atom. The van der Waals surface area contributed by atoms with E-state index in [-0.39, 0.29) is 12.1 Å². The van der Waals surface area contributed by atoms with Crippen LogP contribution in [0.25, 0.3) is 0 Å². The summed E-state index contributed by atoms with van der Waals surface area (Å²) >= 11 is 0. The van der Waals surface area contributed by atoms with Crippen LogP contribution in [0.5, 0.6) is 6.01 Å². The van der Waals surface area contributed by atoms with Crippen molar-refractivity contribution in [2.75, 3.05) is 13.2 Å². The quantitative estimate of drug-likeness (QED) is 0.657. The van der Waals surface area contributed by atoms with Crippen molar-refractivity contribution >= 4 is 0 Å². The van der Waals surface area contributed by atoms with Gasteiger partial charge in [-0.25, -0.2) is 4.98 Å². The van der Waals surface area contributed by atoms with E-state index in [1.54, 1.807) is 0 Å². The molecule has 1 aromatic heterocycles. The normalized spacial score (nSPS) is 19.9. The molecule has 0 radical (unpaired) electrons. The number of aromatic amines is 1. The van der Waals surface area contributed by atoms with Crippen LogP contribution in [0.4, 0.5) is 4.39 Å². The molecule has 0 aliphatic carbocycles. The predicted octanol–water partition coefficient (Wildman–Crippen LogP) is -0.313. The summed E-state index contributed by atoms with van der Waals surface area (Å²) in [6.45, 7) is 0.986. The molecule has 70 valence electrons. The van der Waals surface area contributed by atoms with Crippen LogP contribution in [0.3, 0.4) is 0 Å². The third-order valence-electron chi connectivity index (χ3n) is 1.54. The largest absolute Gasteiger partial charge is 0.462 e. The number of aromatic nitrogens is 2. The van der Waals surface area contributed by atoms with Crippen molar-refractivity contribution in [2.24, 2.45) is 0 Å². The van der Waals surface area contributed by atoms with E-state index in [9.17, 15) is 9.18 Å². The first kappa shape index (κ1) is 8.18. The van der Waals surface area contributed by atoms with Crippen LogP contribution in [0.15, 0.2) is 11.0 Å². The number of nitrogens with zero attached hydrogens (tertiary/aromatic N) is 1. The minimum Gasteiger partial charge on any atom is -0.462 e. The van der Waals surface area contributed by atoms with Crippen LogP contribution in [-0.4, -0.2) is 29.3 Å². The number of halogens is 1.